The average molecular weight is 163 g/mol. The first-order chi connectivity index (χ1) is 4.24. The second kappa shape index (κ2) is 2.69. The zero-order chi connectivity index (χ0) is 6.85. The van der Waals surface area contributed by atoms with Crippen LogP contribution in [0.2, 0.25) is 4.34 Å². The fourth-order valence-corrected chi connectivity index (χ4v) is 1.70. The van der Waals surface area contributed by atoms with Gasteiger partial charge in [0.1, 0.15) is 0 Å². The highest BCUT2D eigenvalue weighted by atomic mass is 35.5. The molecule has 0 amide bonds. The van der Waals surface area contributed by atoms with Crippen LogP contribution in [0.4, 0.5) is 0 Å². The topological polar surface area (TPSA) is 20.2 Å². The molecule has 0 atom stereocenters. The molecule has 0 aliphatic carbocycles. The van der Waals surface area contributed by atoms with Crippen LogP contribution >= 0.6 is 22.9 Å². The van der Waals surface area contributed by atoms with Crippen molar-refractivity contribution in [1.29, 1.82) is 0 Å². The molecule has 1 aromatic heterocycles. The van der Waals surface area contributed by atoms with Crippen LogP contribution in [0.1, 0.15) is 10.4 Å². The number of rotatable bonds is 1. The molecule has 50 valence electrons. The highest BCUT2D eigenvalue weighted by Crippen LogP contribution is 2.26. The zero-order valence-corrected chi connectivity index (χ0v) is 6.59. The Hall–Kier alpha value is -0.0500. The monoisotopic (exact) mass is 162 g/mol. The highest BCUT2D eigenvalue weighted by Gasteiger charge is 1.99. The van der Waals surface area contributed by atoms with Gasteiger partial charge in [-0.3, -0.25) is 0 Å². The molecule has 0 radical (unpaired) electrons. The number of hydrogen-bond donors (Lipinski definition) is 1. The molecule has 1 rings (SSSR count). The first-order valence-corrected chi connectivity index (χ1v) is 3.79. The molecule has 1 nitrogen and oxygen atoms in total. The number of thiophene rings is 1. The number of aryl methyl sites for hydroxylation is 1. The van der Waals surface area contributed by atoms with Crippen LogP contribution in [0.25, 0.3) is 0 Å². The minimum Gasteiger partial charge on any atom is -0.391 e. The van der Waals surface area contributed by atoms with Gasteiger partial charge < -0.3 is 5.11 Å². The molecule has 0 saturated carbocycles. The molecule has 1 heterocycles. The van der Waals surface area contributed by atoms with Crippen molar-refractivity contribution in [2.45, 2.75) is 13.5 Å². The van der Waals surface area contributed by atoms with Gasteiger partial charge >= 0.3 is 0 Å². The molecule has 0 aliphatic rings. The number of hydrogen-bond acceptors (Lipinski definition) is 2. The Bertz CT molecular complexity index is 187. The zero-order valence-electron chi connectivity index (χ0n) is 5.02. The lowest BCUT2D eigenvalue weighted by Crippen LogP contribution is -1.70. The Morgan fingerprint density at radius 2 is 2.44 bits per heavy atom. The summed E-state index contributed by atoms with van der Waals surface area (Å²) in [5.41, 5.74) is 1.05. The molecule has 0 unspecified atom stereocenters. The van der Waals surface area contributed by atoms with Gasteiger partial charge in [0.2, 0.25) is 0 Å². The Balaban J connectivity index is 2.98. The Labute approximate surface area is 62.9 Å². The van der Waals surface area contributed by atoms with E-state index in [4.69, 9.17) is 16.7 Å². The van der Waals surface area contributed by atoms with Crippen molar-refractivity contribution in [2.24, 2.45) is 0 Å². The lowest BCUT2D eigenvalue weighted by atomic mass is 10.3. The van der Waals surface area contributed by atoms with Gasteiger partial charge in [-0.05, 0) is 18.6 Å². The van der Waals surface area contributed by atoms with Gasteiger partial charge in [-0.15, -0.1) is 11.3 Å². The van der Waals surface area contributed by atoms with Crippen molar-refractivity contribution in [1.82, 2.24) is 0 Å². The molecule has 0 aliphatic heterocycles. The Morgan fingerprint density at radius 3 is 2.67 bits per heavy atom. The van der Waals surface area contributed by atoms with E-state index in [1.165, 1.54) is 11.3 Å². The largest absolute Gasteiger partial charge is 0.391 e. The summed E-state index contributed by atoms with van der Waals surface area (Å²) in [5, 5.41) is 8.63. The molecule has 0 bridgehead atoms. The van der Waals surface area contributed by atoms with Crippen LogP contribution in [0.15, 0.2) is 6.07 Å². The van der Waals surface area contributed by atoms with Crippen molar-refractivity contribution in [3.63, 3.8) is 0 Å². The van der Waals surface area contributed by atoms with E-state index in [0.29, 0.717) is 0 Å². The van der Waals surface area contributed by atoms with E-state index in [0.717, 1.165) is 14.8 Å². The number of aliphatic hydroxyl groups excluding tert-OH is 1. The Kier molecular flexibility index (Phi) is 2.11. The maximum absolute atomic E-state index is 8.63. The summed E-state index contributed by atoms with van der Waals surface area (Å²) in [6.07, 6.45) is 0. The molecular formula is C6H7ClOS. The first kappa shape index (κ1) is 7.06. The third-order valence-electron chi connectivity index (χ3n) is 1.06. The van der Waals surface area contributed by atoms with Gasteiger partial charge in [0, 0.05) is 4.88 Å². The van der Waals surface area contributed by atoms with Crippen molar-refractivity contribution >= 4 is 22.9 Å². The summed E-state index contributed by atoms with van der Waals surface area (Å²) in [6, 6.07) is 1.90. The van der Waals surface area contributed by atoms with Gasteiger partial charge in [0.05, 0.1) is 10.9 Å². The second-order valence-electron chi connectivity index (χ2n) is 1.83. The quantitative estimate of drug-likeness (QED) is 0.672. The number of halogens is 1. The first-order valence-electron chi connectivity index (χ1n) is 2.59. The van der Waals surface area contributed by atoms with Crippen LogP contribution in [0.3, 0.4) is 0 Å². The van der Waals surface area contributed by atoms with E-state index in [1.54, 1.807) is 0 Å². The highest BCUT2D eigenvalue weighted by molar-refractivity contribution is 7.16. The van der Waals surface area contributed by atoms with Crippen molar-refractivity contribution in [3.05, 3.63) is 20.8 Å². The van der Waals surface area contributed by atoms with Gasteiger partial charge in [0.25, 0.3) is 0 Å². The van der Waals surface area contributed by atoms with E-state index < -0.39 is 0 Å². The fraction of sp³-hybridized carbons (Fsp3) is 0.333. The lowest BCUT2D eigenvalue weighted by molar-refractivity contribution is 0.285. The molecule has 0 fully saturated rings. The normalized spacial score (nSPS) is 10.1. The van der Waals surface area contributed by atoms with Gasteiger partial charge in [-0.2, -0.15) is 0 Å². The van der Waals surface area contributed by atoms with Crippen molar-refractivity contribution in [3.8, 4) is 0 Å². The van der Waals surface area contributed by atoms with Crippen molar-refractivity contribution < 1.29 is 5.11 Å². The maximum Gasteiger partial charge on any atom is 0.0961 e. The third-order valence-corrected chi connectivity index (χ3v) is 2.60. The second-order valence-corrected chi connectivity index (χ2v) is 3.57. The minimum atomic E-state index is 0.0955. The lowest BCUT2D eigenvalue weighted by Gasteiger charge is -1.79. The van der Waals surface area contributed by atoms with Gasteiger partial charge in [-0.25, -0.2) is 0 Å². The van der Waals surface area contributed by atoms with Crippen molar-refractivity contribution in [2.75, 3.05) is 0 Å². The van der Waals surface area contributed by atoms with E-state index in [2.05, 4.69) is 0 Å². The summed E-state index contributed by atoms with van der Waals surface area (Å²) < 4.78 is 0.777. The summed E-state index contributed by atoms with van der Waals surface area (Å²) >= 11 is 7.15. The molecule has 0 aromatic carbocycles. The molecule has 0 spiro atoms. The smallest absolute Gasteiger partial charge is 0.0961 e. The van der Waals surface area contributed by atoms with Crippen LogP contribution < -0.4 is 0 Å². The summed E-state index contributed by atoms with van der Waals surface area (Å²) in [5.74, 6) is 0. The average Bonchev–Trinajstić information content (AvgIpc) is 2.13. The van der Waals surface area contributed by atoms with Gasteiger partial charge in [-0.1, -0.05) is 11.6 Å². The van der Waals surface area contributed by atoms with E-state index in [-0.39, 0.29) is 6.61 Å². The minimum absolute atomic E-state index is 0.0955. The molecule has 0 saturated heterocycles. The fourth-order valence-electron chi connectivity index (χ4n) is 0.601. The predicted molar refractivity (Wildman–Crippen MR) is 40.0 cm³/mol. The van der Waals surface area contributed by atoms with Gasteiger partial charge in [0.15, 0.2) is 0 Å². The Morgan fingerprint density at radius 1 is 1.78 bits per heavy atom. The SMILES string of the molecule is Cc1cc(CO)sc1Cl. The standard InChI is InChI=1S/C6H7ClOS/c1-4-2-5(3-8)9-6(4)7/h2,8H,3H2,1H3. The maximum atomic E-state index is 8.63. The van der Waals surface area contributed by atoms with E-state index >= 15 is 0 Å². The summed E-state index contributed by atoms with van der Waals surface area (Å²) in [7, 11) is 0. The summed E-state index contributed by atoms with van der Waals surface area (Å²) in [4.78, 5) is 0.928. The van der Waals surface area contributed by atoms with Crippen LogP contribution in [0, 0.1) is 6.92 Å². The van der Waals surface area contributed by atoms with Crippen LogP contribution in [-0.4, -0.2) is 5.11 Å². The van der Waals surface area contributed by atoms with E-state index in [1.807, 2.05) is 13.0 Å². The van der Waals surface area contributed by atoms with E-state index in [9.17, 15) is 0 Å². The predicted octanol–water partition coefficient (Wildman–Crippen LogP) is 2.20. The summed E-state index contributed by atoms with van der Waals surface area (Å²) in [6.45, 7) is 2.02. The molecule has 3 heteroatoms. The molecule has 9 heavy (non-hydrogen) atoms. The van der Waals surface area contributed by atoms with Crippen LogP contribution in [0.5, 0.6) is 0 Å². The van der Waals surface area contributed by atoms with Crippen LogP contribution in [-0.2, 0) is 6.61 Å². The molecule has 1 aromatic rings. The molecule has 1 N–H and O–H groups in total. The molecular weight excluding hydrogens is 156 g/mol. The number of aliphatic hydroxyl groups is 1. The third kappa shape index (κ3) is 1.45.